The SMILES string of the molecule is COc1ccc(C(O)(c2ccc(O[13CH2][13CH3])cc2)c2ccc(O[13CH2][13CH3])c(CCCCCC(=O)OC(C)(C)C)c2)cc1. The summed E-state index contributed by atoms with van der Waals surface area (Å²) in [5.74, 6) is 2.12. The smallest absolute Gasteiger partial charge is 0.306 e. The highest BCUT2D eigenvalue weighted by Gasteiger charge is 2.34. The van der Waals surface area contributed by atoms with E-state index in [0.717, 1.165) is 65.2 Å². The van der Waals surface area contributed by atoms with Crippen molar-refractivity contribution in [3.05, 3.63) is 89.0 Å². The normalized spacial score (nSPS) is 12.9. The lowest BCUT2D eigenvalue weighted by Crippen LogP contribution is -2.29. The highest BCUT2D eigenvalue weighted by molar-refractivity contribution is 5.69. The minimum absolute atomic E-state index is 0.163. The molecule has 0 fully saturated rings. The molecule has 216 valence electrons. The van der Waals surface area contributed by atoms with Gasteiger partial charge in [0.1, 0.15) is 28.5 Å². The number of rotatable bonds is 14. The molecule has 0 heterocycles. The highest BCUT2D eigenvalue weighted by atomic mass is 16.6. The first-order valence-electron chi connectivity index (χ1n) is 14.2. The van der Waals surface area contributed by atoms with Crippen LogP contribution in [0.1, 0.15) is 82.6 Å². The number of carbonyl (C=O) groups excluding carboxylic acids is 1. The quantitative estimate of drug-likeness (QED) is 0.0985. The number of aliphatic hydroxyl groups is 1. The second-order valence-electron chi connectivity index (χ2n) is 10.8. The second-order valence-corrected chi connectivity index (χ2v) is 10.8. The number of carbonyl (C=O) groups is 1. The fraction of sp³-hybridized carbons (Fsp3) is 0.441. The van der Waals surface area contributed by atoms with E-state index in [2.05, 4.69) is 0 Å². The van der Waals surface area contributed by atoms with Crippen molar-refractivity contribution < 1.29 is 28.8 Å². The monoisotopic (exact) mass is 552 g/mol. The van der Waals surface area contributed by atoms with E-state index in [4.69, 9.17) is 18.9 Å². The van der Waals surface area contributed by atoms with Gasteiger partial charge in [-0.2, -0.15) is 0 Å². The van der Waals surface area contributed by atoms with Gasteiger partial charge in [-0.1, -0.05) is 36.8 Å². The Labute approximate surface area is 239 Å². The molecule has 0 saturated heterocycles. The maximum absolute atomic E-state index is 12.4. The van der Waals surface area contributed by atoms with Gasteiger partial charge in [-0.3, -0.25) is 4.79 Å². The Morgan fingerprint density at radius 1 is 0.750 bits per heavy atom. The molecular weight excluding hydrogens is 508 g/mol. The summed E-state index contributed by atoms with van der Waals surface area (Å²) < 4.78 is 22.4. The number of hydrogen-bond donors (Lipinski definition) is 1. The van der Waals surface area contributed by atoms with E-state index in [1.54, 1.807) is 7.11 Å². The highest BCUT2D eigenvalue weighted by Crippen LogP contribution is 2.40. The first-order valence-corrected chi connectivity index (χ1v) is 14.2. The van der Waals surface area contributed by atoms with Gasteiger partial charge in [0.2, 0.25) is 0 Å². The van der Waals surface area contributed by atoms with Gasteiger partial charge < -0.3 is 24.1 Å². The third-order valence-electron chi connectivity index (χ3n) is 6.62. The largest absolute Gasteiger partial charge is 0.497 e. The Kier molecular flexibility index (Phi) is 11.0. The first kappa shape index (κ1) is 31.0. The third kappa shape index (κ3) is 8.25. The van der Waals surface area contributed by atoms with Gasteiger partial charge >= 0.3 is 5.97 Å². The lowest BCUT2D eigenvalue weighted by Gasteiger charge is -2.31. The molecule has 3 rings (SSSR count). The van der Waals surface area contributed by atoms with Crippen LogP contribution < -0.4 is 14.2 Å². The van der Waals surface area contributed by atoms with Gasteiger partial charge in [0.25, 0.3) is 0 Å². The summed E-state index contributed by atoms with van der Waals surface area (Å²) in [6.07, 6.45) is 3.71. The Bertz CT molecular complexity index is 1210. The summed E-state index contributed by atoms with van der Waals surface area (Å²) >= 11 is 0. The summed E-state index contributed by atoms with van der Waals surface area (Å²) in [5.41, 5.74) is 1.35. The van der Waals surface area contributed by atoms with Crippen molar-refractivity contribution in [2.75, 3.05) is 20.3 Å². The van der Waals surface area contributed by atoms with Crippen LogP contribution in [0, 0.1) is 0 Å². The van der Waals surface area contributed by atoms with E-state index in [0.29, 0.717) is 19.6 Å². The van der Waals surface area contributed by atoms with Crippen molar-refractivity contribution in [3.63, 3.8) is 0 Å². The third-order valence-corrected chi connectivity index (χ3v) is 6.62. The number of ether oxygens (including phenoxy) is 4. The number of benzene rings is 3. The van der Waals surface area contributed by atoms with Crippen LogP contribution in [0.3, 0.4) is 0 Å². The topological polar surface area (TPSA) is 74.2 Å². The van der Waals surface area contributed by atoms with Crippen LogP contribution in [0.15, 0.2) is 66.7 Å². The Morgan fingerprint density at radius 3 is 1.88 bits per heavy atom. The number of esters is 1. The van der Waals surface area contributed by atoms with Gasteiger partial charge in [0.05, 0.1) is 20.3 Å². The Morgan fingerprint density at radius 2 is 1.32 bits per heavy atom. The minimum Gasteiger partial charge on any atom is -0.497 e. The molecule has 1 atom stereocenters. The summed E-state index contributed by atoms with van der Waals surface area (Å²) in [5, 5.41) is 12.4. The molecule has 0 spiro atoms. The van der Waals surface area contributed by atoms with Crippen LogP contribution in [0.25, 0.3) is 0 Å². The first-order chi connectivity index (χ1) is 19.1. The Hall–Kier alpha value is -3.51. The van der Waals surface area contributed by atoms with Crippen molar-refractivity contribution in [3.8, 4) is 17.2 Å². The predicted molar refractivity (Wildman–Crippen MR) is 158 cm³/mol. The van der Waals surface area contributed by atoms with Crippen molar-refractivity contribution in [1.29, 1.82) is 0 Å². The fourth-order valence-corrected chi connectivity index (χ4v) is 4.74. The van der Waals surface area contributed by atoms with Crippen LogP contribution in [0.4, 0.5) is 0 Å². The number of aryl methyl sites for hydroxylation is 1. The summed E-state index contributed by atoms with van der Waals surface area (Å²) in [4.78, 5) is 12.1. The van der Waals surface area contributed by atoms with Gasteiger partial charge in [-0.05, 0) is 113 Å². The molecule has 3 aromatic rings. The predicted octanol–water partition coefficient (Wildman–Crippen LogP) is 7.22. The van der Waals surface area contributed by atoms with Crippen LogP contribution in [-0.2, 0) is 21.6 Å². The summed E-state index contributed by atoms with van der Waals surface area (Å²) in [7, 11) is 1.62. The molecule has 0 aliphatic heterocycles. The van der Waals surface area contributed by atoms with Crippen LogP contribution in [0.2, 0.25) is 0 Å². The molecule has 40 heavy (non-hydrogen) atoms. The van der Waals surface area contributed by atoms with E-state index in [9.17, 15) is 9.90 Å². The van der Waals surface area contributed by atoms with Gasteiger partial charge in [-0.15, -0.1) is 0 Å². The number of methoxy groups -OCH3 is 1. The molecule has 0 bridgehead atoms. The molecule has 6 heteroatoms. The zero-order valence-electron chi connectivity index (χ0n) is 24.8. The average Bonchev–Trinajstić information content (AvgIpc) is 2.93. The second kappa shape index (κ2) is 14.2. The molecule has 6 nitrogen and oxygen atoms in total. The van der Waals surface area contributed by atoms with E-state index in [1.165, 1.54) is 0 Å². The molecule has 0 aromatic heterocycles. The fourth-order valence-electron chi connectivity index (χ4n) is 4.74. The zero-order chi connectivity index (χ0) is 29.2. The molecule has 0 radical (unpaired) electrons. The molecule has 3 aromatic carbocycles. The van der Waals surface area contributed by atoms with Crippen molar-refractivity contribution in [2.24, 2.45) is 0 Å². The van der Waals surface area contributed by atoms with Gasteiger partial charge in [0.15, 0.2) is 0 Å². The molecule has 1 N–H and O–H groups in total. The number of hydrogen-bond acceptors (Lipinski definition) is 6. The molecule has 0 saturated carbocycles. The van der Waals surface area contributed by atoms with Gasteiger partial charge in [-0.25, -0.2) is 0 Å². The van der Waals surface area contributed by atoms with E-state index >= 15 is 0 Å². The maximum atomic E-state index is 12.4. The summed E-state index contributed by atoms with van der Waals surface area (Å²) in [6.45, 7) is 10.7. The van der Waals surface area contributed by atoms with Crippen LogP contribution >= 0.6 is 0 Å². The molecule has 0 aliphatic rings. The van der Waals surface area contributed by atoms with E-state index in [-0.39, 0.29) is 5.97 Å². The molecular formula is C34H44O6. The van der Waals surface area contributed by atoms with Crippen LogP contribution in [0.5, 0.6) is 17.2 Å². The Balaban J connectivity index is 1.90. The maximum Gasteiger partial charge on any atom is 0.306 e. The molecule has 0 amide bonds. The van der Waals surface area contributed by atoms with Crippen molar-refractivity contribution in [1.82, 2.24) is 0 Å². The summed E-state index contributed by atoms with van der Waals surface area (Å²) in [6, 6.07) is 21.0. The standard InChI is InChI=1S/C34H44O6/c1-7-38-30-21-16-27(17-22-30)34(36,26-14-19-29(37-6)20-15-26)28-18-23-31(39-8-2)25(24-28)12-10-9-11-13-32(35)40-33(3,4)5/h14-24,36H,7-13H2,1-6H3/i1+1,2+1,7+1,8+1. The van der Waals surface area contributed by atoms with E-state index < -0.39 is 11.2 Å². The molecule has 0 aliphatic carbocycles. The number of unbranched alkanes of at least 4 members (excludes halogenated alkanes) is 2. The van der Waals surface area contributed by atoms with Crippen molar-refractivity contribution >= 4 is 5.97 Å². The lowest BCUT2D eigenvalue weighted by molar-refractivity contribution is -0.154. The average molecular weight is 553 g/mol. The lowest BCUT2D eigenvalue weighted by atomic mass is 9.79. The zero-order valence-corrected chi connectivity index (χ0v) is 24.8. The van der Waals surface area contributed by atoms with Gasteiger partial charge in [0, 0.05) is 6.42 Å². The van der Waals surface area contributed by atoms with Crippen molar-refractivity contribution in [2.45, 2.75) is 77.9 Å². The van der Waals surface area contributed by atoms with Crippen LogP contribution in [-0.4, -0.2) is 37.0 Å². The minimum atomic E-state index is -1.41. The molecule has 1 unspecified atom stereocenters. The van der Waals surface area contributed by atoms with E-state index in [1.807, 2.05) is 101 Å².